The van der Waals surface area contributed by atoms with E-state index in [1.807, 2.05) is 32.0 Å². The Balaban J connectivity index is 0.00000288. The average molecular weight is 357 g/mol. The van der Waals surface area contributed by atoms with Gasteiger partial charge in [-0.25, -0.2) is 0 Å². The fourth-order valence-corrected chi connectivity index (χ4v) is 2.99. The highest BCUT2D eigenvalue weighted by atomic mass is 35.5. The Hall–Kier alpha value is -1.46. The lowest BCUT2D eigenvalue weighted by atomic mass is 9.82. The van der Waals surface area contributed by atoms with Gasteiger partial charge in [0.2, 0.25) is 5.91 Å². The zero-order chi connectivity index (χ0) is 17.0. The topological polar surface area (TPSA) is 73.6 Å². The molecule has 0 atom stereocenters. The van der Waals surface area contributed by atoms with Crippen molar-refractivity contribution in [2.45, 2.75) is 57.0 Å². The highest BCUT2D eigenvalue weighted by Gasteiger charge is 2.32. The van der Waals surface area contributed by atoms with Gasteiger partial charge in [-0.2, -0.15) is 0 Å². The second-order valence-corrected chi connectivity index (χ2v) is 6.78. The molecule has 1 fully saturated rings. The van der Waals surface area contributed by atoms with Crippen LogP contribution in [0.2, 0.25) is 0 Å². The monoisotopic (exact) mass is 356 g/mol. The summed E-state index contributed by atoms with van der Waals surface area (Å²) in [7, 11) is 3.20. The third-order valence-corrected chi connectivity index (χ3v) is 4.78. The quantitative estimate of drug-likeness (QED) is 0.850. The number of methoxy groups -OCH3 is 2. The summed E-state index contributed by atoms with van der Waals surface area (Å²) in [6.45, 7) is 3.86. The van der Waals surface area contributed by atoms with Gasteiger partial charge < -0.3 is 20.5 Å². The first-order valence-electron chi connectivity index (χ1n) is 8.17. The van der Waals surface area contributed by atoms with E-state index in [-0.39, 0.29) is 30.4 Å². The van der Waals surface area contributed by atoms with E-state index in [0.29, 0.717) is 11.5 Å². The average Bonchev–Trinajstić information content (AvgIpc) is 2.56. The molecular formula is C18H29ClN2O3. The van der Waals surface area contributed by atoms with E-state index in [9.17, 15) is 4.79 Å². The largest absolute Gasteiger partial charge is 0.493 e. The van der Waals surface area contributed by atoms with Crippen LogP contribution >= 0.6 is 12.4 Å². The van der Waals surface area contributed by atoms with Crippen molar-refractivity contribution in [2.75, 3.05) is 14.2 Å². The maximum Gasteiger partial charge on any atom is 0.230 e. The predicted octanol–water partition coefficient (Wildman–Crippen LogP) is 2.79. The van der Waals surface area contributed by atoms with Crippen molar-refractivity contribution >= 4 is 18.3 Å². The molecule has 0 aromatic heterocycles. The zero-order valence-corrected chi connectivity index (χ0v) is 15.7. The first-order chi connectivity index (χ1) is 10.9. The van der Waals surface area contributed by atoms with Gasteiger partial charge in [-0.15, -0.1) is 12.4 Å². The van der Waals surface area contributed by atoms with E-state index in [1.54, 1.807) is 14.2 Å². The number of hydrogen-bond donors (Lipinski definition) is 2. The van der Waals surface area contributed by atoms with Crippen molar-refractivity contribution in [1.29, 1.82) is 0 Å². The minimum atomic E-state index is -0.640. The van der Waals surface area contributed by atoms with Crippen LogP contribution in [-0.4, -0.2) is 32.2 Å². The number of amides is 1. The molecule has 1 aliphatic carbocycles. The van der Waals surface area contributed by atoms with E-state index >= 15 is 0 Å². The Morgan fingerprint density at radius 2 is 1.71 bits per heavy atom. The van der Waals surface area contributed by atoms with Crippen LogP contribution in [0, 0.1) is 0 Å². The van der Waals surface area contributed by atoms with E-state index in [2.05, 4.69) is 5.32 Å². The number of benzene rings is 1. The Bertz CT molecular complexity index is 555. The molecule has 6 heteroatoms. The summed E-state index contributed by atoms with van der Waals surface area (Å²) >= 11 is 0. The highest BCUT2D eigenvalue weighted by Crippen LogP contribution is 2.33. The van der Waals surface area contributed by atoms with Crippen molar-refractivity contribution < 1.29 is 14.3 Å². The molecule has 0 bridgehead atoms. The van der Waals surface area contributed by atoms with Crippen LogP contribution in [0.5, 0.6) is 11.5 Å². The molecule has 0 aliphatic heterocycles. The predicted molar refractivity (Wildman–Crippen MR) is 98.2 cm³/mol. The number of carbonyl (C=O) groups excluding carboxylic acids is 1. The molecule has 2 rings (SSSR count). The molecule has 1 aromatic rings. The van der Waals surface area contributed by atoms with Crippen LogP contribution in [0.15, 0.2) is 18.2 Å². The van der Waals surface area contributed by atoms with Gasteiger partial charge in [-0.3, -0.25) is 4.79 Å². The van der Waals surface area contributed by atoms with Gasteiger partial charge in [0.15, 0.2) is 11.5 Å². The van der Waals surface area contributed by atoms with Gasteiger partial charge >= 0.3 is 0 Å². The van der Waals surface area contributed by atoms with Crippen LogP contribution in [0.25, 0.3) is 0 Å². The van der Waals surface area contributed by atoms with Gasteiger partial charge in [0, 0.05) is 12.1 Å². The lowest BCUT2D eigenvalue weighted by Crippen LogP contribution is -2.47. The fraction of sp³-hybridized carbons (Fsp3) is 0.611. The minimum Gasteiger partial charge on any atom is -0.493 e. The third-order valence-electron chi connectivity index (χ3n) is 4.78. The molecule has 24 heavy (non-hydrogen) atoms. The number of carbonyl (C=O) groups is 1. The first kappa shape index (κ1) is 20.6. The normalized spacial score (nSPS) is 20.7. The standard InChI is InChI=1S/C18H28N2O3.ClH/c1-18(2,12-5-10-15(22-3)16(11-12)23-4)17(21)20-14-8-6-13(19)7-9-14;/h5,10-11,13-14H,6-9,19H2,1-4H3,(H,20,21);1H. The summed E-state index contributed by atoms with van der Waals surface area (Å²) in [5.41, 5.74) is 6.19. The molecule has 0 spiro atoms. The summed E-state index contributed by atoms with van der Waals surface area (Å²) in [6.07, 6.45) is 3.85. The molecule has 3 N–H and O–H groups in total. The van der Waals surface area contributed by atoms with E-state index < -0.39 is 5.41 Å². The van der Waals surface area contributed by atoms with E-state index in [0.717, 1.165) is 31.2 Å². The van der Waals surface area contributed by atoms with Crippen molar-refractivity contribution in [3.63, 3.8) is 0 Å². The van der Waals surface area contributed by atoms with Gasteiger partial charge in [0.1, 0.15) is 0 Å². The van der Waals surface area contributed by atoms with Crippen molar-refractivity contribution in [1.82, 2.24) is 5.32 Å². The molecule has 1 saturated carbocycles. The van der Waals surface area contributed by atoms with Gasteiger partial charge in [-0.1, -0.05) is 6.07 Å². The summed E-state index contributed by atoms with van der Waals surface area (Å²) < 4.78 is 10.6. The molecule has 0 radical (unpaired) electrons. The first-order valence-corrected chi connectivity index (χ1v) is 8.17. The summed E-state index contributed by atoms with van der Waals surface area (Å²) in [5, 5.41) is 3.18. The number of halogens is 1. The lowest BCUT2D eigenvalue weighted by molar-refractivity contribution is -0.126. The molecular weight excluding hydrogens is 328 g/mol. The molecule has 0 heterocycles. The number of hydrogen-bond acceptors (Lipinski definition) is 4. The Labute approximate surface area is 150 Å². The van der Waals surface area contributed by atoms with Crippen LogP contribution in [-0.2, 0) is 10.2 Å². The number of rotatable bonds is 5. The van der Waals surface area contributed by atoms with E-state index in [4.69, 9.17) is 15.2 Å². The maximum absolute atomic E-state index is 12.8. The number of ether oxygens (including phenoxy) is 2. The maximum atomic E-state index is 12.8. The smallest absolute Gasteiger partial charge is 0.230 e. The molecule has 1 aromatic carbocycles. The van der Waals surface area contributed by atoms with Crippen LogP contribution in [0.3, 0.4) is 0 Å². The van der Waals surface area contributed by atoms with Crippen molar-refractivity contribution in [3.8, 4) is 11.5 Å². The van der Waals surface area contributed by atoms with Gasteiger partial charge in [-0.05, 0) is 57.2 Å². The summed E-state index contributed by atoms with van der Waals surface area (Å²) in [5.74, 6) is 1.33. The van der Waals surface area contributed by atoms with Crippen molar-refractivity contribution in [3.05, 3.63) is 23.8 Å². The Morgan fingerprint density at radius 1 is 1.12 bits per heavy atom. The molecule has 5 nitrogen and oxygen atoms in total. The Kier molecular flexibility index (Phi) is 7.36. The molecule has 0 unspecified atom stereocenters. The third kappa shape index (κ3) is 4.54. The summed E-state index contributed by atoms with van der Waals surface area (Å²) in [6, 6.07) is 6.12. The SMILES string of the molecule is COc1ccc(C(C)(C)C(=O)NC2CCC(N)CC2)cc1OC.Cl. The van der Waals surface area contributed by atoms with E-state index in [1.165, 1.54) is 0 Å². The van der Waals surface area contributed by atoms with Crippen molar-refractivity contribution in [2.24, 2.45) is 5.73 Å². The second-order valence-electron chi connectivity index (χ2n) is 6.78. The second kappa shape index (κ2) is 8.58. The van der Waals surface area contributed by atoms with Crippen LogP contribution in [0.4, 0.5) is 0 Å². The number of nitrogens with two attached hydrogens (primary N) is 1. The fourth-order valence-electron chi connectivity index (χ4n) is 2.99. The van der Waals surface area contributed by atoms with Gasteiger partial charge in [0.25, 0.3) is 0 Å². The van der Waals surface area contributed by atoms with Gasteiger partial charge in [0.05, 0.1) is 19.6 Å². The minimum absolute atomic E-state index is 0. The Morgan fingerprint density at radius 3 is 2.25 bits per heavy atom. The highest BCUT2D eigenvalue weighted by molar-refractivity contribution is 5.87. The number of nitrogens with one attached hydrogen (secondary N) is 1. The molecule has 136 valence electrons. The van der Waals surface area contributed by atoms with Crippen LogP contribution in [0.1, 0.15) is 45.1 Å². The zero-order valence-electron chi connectivity index (χ0n) is 14.9. The molecule has 1 aliphatic rings. The summed E-state index contributed by atoms with van der Waals surface area (Å²) in [4.78, 5) is 12.8. The molecule has 1 amide bonds. The van der Waals surface area contributed by atoms with Crippen LogP contribution < -0.4 is 20.5 Å². The lowest BCUT2D eigenvalue weighted by Gasteiger charge is -2.31. The molecule has 0 saturated heterocycles.